The van der Waals surface area contributed by atoms with E-state index in [1.54, 1.807) is 18.3 Å². The summed E-state index contributed by atoms with van der Waals surface area (Å²) < 4.78 is 31.4. The molecule has 0 aliphatic heterocycles. The third kappa shape index (κ3) is 5.19. The summed E-state index contributed by atoms with van der Waals surface area (Å²) in [6.07, 6.45) is 0.903. The second-order valence-electron chi connectivity index (χ2n) is 6.79. The predicted molar refractivity (Wildman–Crippen MR) is 94.4 cm³/mol. The van der Waals surface area contributed by atoms with E-state index in [4.69, 9.17) is 10.5 Å². The summed E-state index contributed by atoms with van der Waals surface area (Å²) in [5, 5.41) is 0. The molecule has 0 spiro atoms. The Balaban J connectivity index is 2.16. The Kier molecular flexibility index (Phi) is 6.42. The highest BCUT2D eigenvalue weighted by Crippen LogP contribution is 2.27. The molecule has 1 unspecified atom stereocenters. The number of alkyl halides is 2. The molecule has 0 bridgehead atoms. The molecule has 6 heteroatoms. The van der Waals surface area contributed by atoms with Gasteiger partial charge in [0.2, 0.25) is 0 Å². The molecule has 0 saturated carbocycles. The first-order chi connectivity index (χ1) is 11.8. The van der Waals surface area contributed by atoms with Gasteiger partial charge in [0, 0.05) is 17.7 Å². The first-order valence-electron chi connectivity index (χ1n) is 8.41. The number of halogens is 2. The number of rotatable bonds is 7. The number of hydrogen-bond acceptors (Lipinski definition) is 4. The number of aromatic nitrogens is 2. The summed E-state index contributed by atoms with van der Waals surface area (Å²) >= 11 is 0. The van der Waals surface area contributed by atoms with Crippen LogP contribution in [0.4, 0.5) is 8.78 Å². The first kappa shape index (κ1) is 19.2. The maximum absolute atomic E-state index is 12.8. The van der Waals surface area contributed by atoms with Crippen molar-refractivity contribution in [3.8, 4) is 17.0 Å². The van der Waals surface area contributed by atoms with E-state index in [2.05, 4.69) is 30.7 Å². The highest BCUT2D eigenvalue weighted by atomic mass is 19.3. The van der Waals surface area contributed by atoms with E-state index in [0.29, 0.717) is 22.9 Å². The van der Waals surface area contributed by atoms with Crippen LogP contribution in [0.15, 0.2) is 30.6 Å². The zero-order valence-corrected chi connectivity index (χ0v) is 15.0. The Morgan fingerprint density at radius 2 is 1.88 bits per heavy atom. The molecule has 25 heavy (non-hydrogen) atoms. The van der Waals surface area contributed by atoms with Gasteiger partial charge in [0.1, 0.15) is 17.7 Å². The number of pyridine rings is 2. The molecular weight excluding hydrogens is 324 g/mol. The van der Waals surface area contributed by atoms with Gasteiger partial charge in [-0.05, 0) is 43.0 Å². The Bertz CT molecular complexity index is 707. The molecule has 0 aliphatic carbocycles. The molecule has 2 atom stereocenters. The van der Waals surface area contributed by atoms with Crippen molar-refractivity contribution < 1.29 is 13.5 Å². The third-order valence-electron chi connectivity index (χ3n) is 4.03. The lowest BCUT2D eigenvalue weighted by atomic mass is 9.97. The predicted octanol–water partition coefficient (Wildman–Crippen LogP) is 4.74. The lowest BCUT2D eigenvalue weighted by Gasteiger charge is -2.23. The van der Waals surface area contributed by atoms with E-state index in [9.17, 15) is 8.78 Å². The van der Waals surface area contributed by atoms with Crippen LogP contribution in [0.2, 0.25) is 0 Å². The molecular formula is C19H25F2N3O. The van der Waals surface area contributed by atoms with Crippen LogP contribution in [-0.2, 0) is 0 Å². The molecule has 0 amide bonds. The molecule has 0 fully saturated rings. The molecule has 2 N–H and O–H groups in total. The number of hydrogen-bond donors (Lipinski definition) is 1. The van der Waals surface area contributed by atoms with Crippen LogP contribution < -0.4 is 10.5 Å². The Hall–Kier alpha value is -2.08. The second-order valence-corrected chi connectivity index (χ2v) is 6.79. The van der Waals surface area contributed by atoms with Crippen LogP contribution in [0.1, 0.15) is 44.9 Å². The average molecular weight is 349 g/mol. The van der Waals surface area contributed by atoms with Crippen molar-refractivity contribution >= 4 is 0 Å². The monoisotopic (exact) mass is 349 g/mol. The SMILES string of the molecule is Cc1cc(-c2ccnc(C(F)F)c2)ncc1O[C@H](N)C(C)CC(C)C. The van der Waals surface area contributed by atoms with Gasteiger partial charge in [0.15, 0.2) is 0 Å². The molecule has 2 heterocycles. The van der Waals surface area contributed by atoms with Crippen molar-refractivity contribution in [2.24, 2.45) is 17.6 Å². The largest absolute Gasteiger partial charge is 0.473 e. The highest BCUT2D eigenvalue weighted by molar-refractivity contribution is 5.61. The van der Waals surface area contributed by atoms with Gasteiger partial charge in [0.25, 0.3) is 6.43 Å². The average Bonchev–Trinajstić information content (AvgIpc) is 2.56. The lowest BCUT2D eigenvalue weighted by molar-refractivity contribution is 0.134. The van der Waals surface area contributed by atoms with Gasteiger partial charge in [-0.1, -0.05) is 20.8 Å². The summed E-state index contributed by atoms with van der Waals surface area (Å²) in [7, 11) is 0. The minimum Gasteiger partial charge on any atom is -0.473 e. The number of ether oxygens (including phenoxy) is 1. The van der Waals surface area contributed by atoms with Crippen molar-refractivity contribution in [2.45, 2.75) is 46.8 Å². The van der Waals surface area contributed by atoms with Gasteiger partial charge in [-0.25, -0.2) is 8.78 Å². The van der Waals surface area contributed by atoms with Crippen LogP contribution >= 0.6 is 0 Å². The minimum absolute atomic E-state index is 0.216. The topological polar surface area (TPSA) is 61.0 Å². The van der Waals surface area contributed by atoms with E-state index in [1.165, 1.54) is 12.3 Å². The quantitative estimate of drug-likeness (QED) is 0.734. The second kappa shape index (κ2) is 8.34. The van der Waals surface area contributed by atoms with Crippen LogP contribution in [0.5, 0.6) is 5.75 Å². The normalized spacial score (nSPS) is 14.0. The Morgan fingerprint density at radius 3 is 2.48 bits per heavy atom. The van der Waals surface area contributed by atoms with Gasteiger partial charge in [-0.3, -0.25) is 15.7 Å². The van der Waals surface area contributed by atoms with Gasteiger partial charge in [-0.2, -0.15) is 0 Å². The fraction of sp³-hybridized carbons (Fsp3) is 0.474. The Labute approximate surface area is 147 Å². The number of aryl methyl sites for hydroxylation is 1. The van der Waals surface area contributed by atoms with Crippen LogP contribution in [0.25, 0.3) is 11.3 Å². The van der Waals surface area contributed by atoms with Gasteiger partial charge in [-0.15, -0.1) is 0 Å². The fourth-order valence-electron chi connectivity index (χ4n) is 2.69. The van der Waals surface area contributed by atoms with E-state index in [-0.39, 0.29) is 11.6 Å². The zero-order valence-electron chi connectivity index (χ0n) is 15.0. The molecule has 2 aromatic rings. The van der Waals surface area contributed by atoms with Crippen LogP contribution in [0, 0.1) is 18.8 Å². The molecule has 0 radical (unpaired) electrons. The maximum Gasteiger partial charge on any atom is 0.280 e. The maximum atomic E-state index is 12.8. The van der Waals surface area contributed by atoms with Crippen LogP contribution in [-0.4, -0.2) is 16.2 Å². The highest BCUT2D eigenvalue weighted by Gasteiger charge is 2.17. The van der Waals surface area contributed by atoms with Crippen molar-refractivity contribution in [3.63, 3.8) is 0 Å². The van der Waals surface area contributed by atoms with Gasteiger partial charge < -0.3 is 4.74 Å². The summed E-state index contributed by atoms with van der Waals surface area (Å²) in [6, 6.07) is 4.81. The summed E-state index contributed by atoms with van der Waals surface area (Å²) in [6.45, 7) is 8.24. The Morgan fingerprint density at radius 1 is 1.16 bits per heavy atom. The molecule has 0 aromatic carbocycles. The van der Waals surface area contributed by atoms with E-state index in [1.807, 2.05) is 6.92 Å². The zero-order chi connectivity index (χ0) is 18.6. The first-order valence-corrected chi connectivity index (χ1v) is 8.41. The van der Waals surface area contributed by atoms with Gasteiger partial charge >= 0.3 is 0 Å². The summed E-state index contributed by atoms with van der Waals surface area (Å²) in [5.41, 5.74) is 7.91. The summed E-state index contributed by atoms with van der Waals surface area (Å²) in [4.78, 5) is 8.00. The lowest BCUT2D eigenvalue weighted by Crippen LogP contribution is -2.35. The fourth-order valence-corrected chi connectivity index (χ4v) is 2.69. The van der Waals surface area contributed by atoms with Crippen molar-refractivity contribution in [3.05, 3.63) is 41.9 Å². The third-order valence-corrected chi connectivity index (χ3v) is 4.03. The number of nitrogens with two attached hydrogens (primary N) is 1. The van der Waals surface area contributed by atoms with Crippen molar-refractivity contribution in [2.75, 3.05) is 0 Å². The smallest absolute Gasteiger partial charge is 0.280 e. The standard InChI is InChI=1S/C19H25F2N3O/c1-11(2)7-13(4)19(22)25-17-10-24-15(8-12(17)3)14-5-6-23-16(9-14)18(20)21/h5-6,8-11,13,18-19H,7,22H2,1-4H3/t13?,19-/m0/s1. The number of nitrogens with zero attached hydrogens (tertiary/aromatic N) is 2. The molecule has 2 aromatic heterocycles. The molecule has 136 valence electrons. The van der Waals surface area contributed by atoms with E-state index >= 15 is 0 Å². The van der Waals surface area contributed by atoms with E-state index < -0.39 is 12.7 Å². The molecule has 4 nitrogen and oxygen atoms in total. The van der Waals surface area contributed by atoms with Gasteiger partial charge in [0.05, 0.1) is 11.9 Å². The molecule has 2 rings (SSSR count). The van der Waals surface area contributed by atoms with Crippen molar-refractivity contribution in [1.82, 2.24) is 9.97 Å². The minimum atomic E-state index is -2.61. The summed E-state index contributed by atoms with van der Waals surface area (Å²) in [5.74, 6) is 1.37. The van der Waals surface area contributed by atoms with E-state index in [0.717, 1.165) is 12.0 Å². The molecule has 0 aliphatic rings. The molecule has 0 saturated heterocycles. The van der Waals surface area contributed by atoms with Crippen molar-refractivity contribution in [1.29, 1.82) is 0 Å². The van der Waals surface area contributed by atoms with Crippen LogP contribution in [0.3, 0.4) is 0 Å².